The topological polar surface area (TPSA) is 59.1 Å². The monoisotopic (exact) mass is 186 g/mol. The standard InChI is InChI=1S/C11H10N2O/c12-11-7-3-5-9(13-11)8-4-1-2-6-10(8)14/h1-7,14H,(H2,12,13). The van der Waals surface area contributed by atoms with Gasteiger partial charge >= 0.3 is 0 Å². The largest absolute Gasteiger partial charge is 0.507 e. The van der Waals surface area contributed by atoms with Crippen molar-refractivity contribution in [2.45, 2.75) is 0 Å². The second-order valence-corrected chi connectivity index (χ2v) is 2.96. The molecule has 0 aliphatic rings. The van der Waals surface area contributed by atoms with Crippen molar-refractivity contribution in [1.29, 1.82) is 0 Å². The molecule has 70 valence electrons. The van der Waals surface area contributed by atoms with Gasteiger partial charge in [0.05, 0.1) is 5.69 Å². The molecule has 1 aromatic carbocycles. The number of rotatable bonds is 1. The highest BCUT2D eigenvalue weighted by molar-refractivity contribution is 5.67. The summed E-state index contributed by atoms with van der Waals surface area (Å²) in [6.07, 6.45) is 0. The highest BCUT2D eigenvalue weighted by Gasteiger charge is 2.03. The smallest absolute Gasteiger partial charge is 0.124 e. The van der Waals surface area contributed by atoms with Crippen molar-refractivity contribution >= 4 is 5.82 Å². The summed E-state index contributed by atoms with van der Waals surface area (Å²) in [5.41, 5.74) is 6.93. The Morgan fingerprint density at radius 1 is 1.00 bits per heavy atom. The minimum atomic E-state index is 0.214. The molecule has 0 aliphatic carbocycles. The van der Waals surface area contributed by atoms with Gasteiger partial charge in [0.25, 0.3) is 0 Å². The minimum Gasteiger partial charge on any atom is -0.507 e. The van der Waals surface area contributed by atoms with E-state index in [0.717, 1.165) is 0 Å². The summed E-state index contributed by atoms with van der Waals surface area (Å²) in [5, 5.41) is 9.57. The fraction of sp³-hybridized carbons (Fsp3) is 0. The molecule has 3 heteroatoms. The molecule has 0 radical (unpaired) electrons. The number of para-hydroxylation sites is 1. The number of pyridine rings is 1. The van der Waals surface area contributed by atoms with Crippen molar-refractivity contribution in [1.82, 2.24) is 4.98 Å². The lowest BCUT2D eigenvalue weighted by Crippen LogP contribution is -1.91. The Hall–Kier alpha value is -2.03. The molecule has 3 nitrogen and oxygen atoms in total. The third kappa shape index (κ3) is 1.52. The molecule has 2 aromatic rings. The van der Waals surface area contributed by atoms with Crippen LogP contribution in [0.15, 0.2) is 42.5 Å². The van der Waals surface area contributed by atoms with Crippen LogP contribution in [0, 0.1) is 0 Å². The lowest BCUT2D eigenvalue weighted by molar-refractivity contribution is 0.477. The van der Waals surface area contributed by atoms with Gasteiger partial charge in [-0.2, -0.15) is 0 Å². The number of nitrogens with two attached hydrogens (primary N) is 1. The zero-order valence-corrected chi connectivity index (χ0v) is 7.51. The van der Waals surface area contributed by atoms with Crippen LogP contribution < -0.4 is 5.73 Å². The Morgan fingerprint density at radius 3 is 2.50 bits per heavy atom. The lowest BCUT2D eigenvalue weighted by atomic mass is 10.1. The van der Waals surface area contributed by atoms with Gasteiger partial charge in [-0.15, -0.1) is 0 Å². The molecular weight excluding hydrogens is 176 g/mol. The minimum absolute atomic E-state index is 0.214. The summed E-state index contributed by atoms with van der Waals surface area (Å²) in [6, 6.07) is 12.4. The third-order valence-corrected chi connectivity index (χ3v) is 1.95. The molecule has 0 saturated carbocycles. The number of phenols is 1. The lowest BCUT2D eigenvalue weighted by Gasteiger charge is -2.03. The summed E-state index contributed by atoms with van der Waals surface area (Å²) in [5.74, 6) is 0.663. The van der Waals surface area contributed by atoms with Gasteiger partial charge in [0, 0.05) is 5.56 Å². The molecule has 0 spiro atoms. The summed E-state index contributed by atoms with van der Waals surface area (Å²) in [6.45, 7) is 0. The maximum Gasteiger partial charge on any atom is 0.124 e. The van der Waals surface area contributed by atoms with Crippen molar-refractivity contribution in [2.24, 2.45) is 0 Å². The molecular formula is C11H10N2O. The Balaban J connectivity index is 2.55. The number of benzene rings is 1. The van der Waals surface area contributed by atoms with Gasteiger partial charge in [-0.05, 0) is 24.3 Å². The Labute approximate surface area is 81.8 Å². The molecule has 0 saturated heterocycles. The zero-order valence-electron chi connectivity index (χ0n) is 7.51. The first-order valence-electron chi connectivity index (χ1n) is 4.28. The first kappa shape index (κ1) is 8.56. The van der Waals surface area contributed by atoms with E-state index in [4.69, 9.17) is 5.73 Å². The van der Waals surface area contributed by atoms with Crippen molar-refractivity contribution < 1.29 is 5.11 Å². The van der Waals surface area contributed by atoms with E-state index in [0.29, 0.717) is 17.1 Å². The van der Waals surface area contributed by atoms with Crippen LogP contribution in [-0.2, 0) is 0 Å². The van der Waals surface area contributed by atoms with Gasteiger partial charge in [0.15, 0.2) is 0 Å². The van der Waals surface area contributed by atoms with Crippen LogP contribution >= 0.6 is 0 Å². The van der Waals surface area contributed by atoms with Crippen LogP contribution in [0.4, 0.5) is 5.82 Å². The van der Waals surface area contributed by atoms with Crippen LogP contribution in [0.3, 0.4) is 0 Å². The Kier molecular flexibility index (Phi) is 2.07. The predicted molar refractivity (Wildman–Crippen MR) is 55.8 cm³/mol. The highest BCUT2D eigenvalue weighted by atomic mass is 16.3. The summed E-state index contributed by atoms with van der Waals surface area (Å²) >= 11 is 0. The summed E-state index contributed by atoms with van der Waals surface area (Å²) < 4.78 is 0. The maximum absolute atomic E-state index is 9.57. The van der Waals surface area contributed by atoms with Crippen LogP contribution in [0.5, 0.6) is 5.75 Å². The van der Waals surface area contributed by atoms with Gasteiger partial charge in [0.2, 0.25) is 0 Å². The van der Waals surface area contributed by atoms with Gasteiger partial charge in [-0.3, -0.25) is 0 Å². The zero-order chi connectivity index (χ0) is 9.97. The van der Waals surface area contributed by atoms with Crippen LogP contribution in [-0.4, -0.2) is 10.1 Å². The summed E-state index contributed by atoms with van der Waals surface area (Å²) in [7, 11) is 0. The number of nitrogen functional groups attached to an aromatic ring is 1. The third-order valence-electron chi connectivity index (χ3n) is 1.95. The van der Waals surface area contributed by atoms with Gasteiger partial charge in [-0.1, -0.05) is 18.2 Å². The predicted octanol–water partition coefficient (Wildman–Crippen LogP) is 2.04. The van der Waals surface area contributed by atoms with Gasteiger partial charge < -0.3 is 10.8 Å². The molecule has 0 atom stereocenters. The van der Waals surface area contributed by atoms with Crippen molar-refractivity contribution in [3.8, 4) is 17.0 Å². The first-order chi connectivity index (χ1) is 6.77. The van der Waals surface area contributed by atoms with E-state index in [1.165, 1.54) is 0 Å². The van der Waals surface area contributed by atoms with Gasteiger partial charge in [-0.25, -0.2) is 4.98 Å². The van der Waals surface area contributed by atoms with Crippen molar-refractivity contribution in [2.75, 3.05) is 5.73 Å². The fourth-order valence-electron chi connectivity index (χ4n) is 1.29. The van der Waals surface area contributed by atoms with Crippen LogP contribution in [0.1, 0.15) is 0 Å². The van der Waals surface area contributed by atoms with Crippen LogP contribution in [0.25, 0.3) is 11.3 Å². The fourth-order valence-corrected chi connectivity index (χ4v) is 1.29. The van der Waals surface area contributed by atoms with E-state index in [-0.39, 0.29) is 5.75 Å². The molecule has 2 rings (SSSR count). The van der Waals surface area contributed by atoms with Crippen molar-refractivity contribution in [3.05, 3.63) is 42.5 Å². The molecule has 0 unspecified atom stereocenters. The molecule has 3 N–H and O–H groups in total. The number of nitrogens with zero attached hydrogens (tertiary/aromatic N) is 1. The second-order valence-electron chi connectivity index (χ2n) is 2.96. The molecule has 0 aliphatic heterocycles. The Bertz CT molecular complexity index is 455. The Morgan fingerprint density at radius 2 is 1.79 bits per heavy atom. The second kappa shape index (κ2) is 3.38. The molecule has 1 heterocycles. The van der Waals surface area contributed by atoms with Crippen LogP contribution in [0.2, 0.25) is 0 Å². The van der Waals surface area contributed by atoms with Crippen molar-refractivity contribution in [3.63, 3.8) is 0 Å². The number of hydrogen-bond donors (Lipinski definition) is 2. The van der Waals surface area contributed by atoms with E-state index in [1.54, 1.807) is 24.3 Å². The summed E-state index contributed by atoms with van der Waals surface area (Å²) in [4.78, 5) is 4.12. The van der Waals surface area contributed by atoms with E-state index in [2.05, 4.69) is 4.98 Å². The first-order valence-corrected chi connectivity index (χ1v) is 4.28. The quantitative estimate of drug-likeness (QED) is 0.716. The maximum atomic E-state index is 9.57. The number of anilines is 1. The molecule has 0 bridgehead atoms. The molecule has 0 amide bonds. The van der Waals surface area contributed by atoms with E-state index >= 15 is 0 Å². The molecule has 1 aromatic heterocycles. The van der Waals surface area contributed by atoms with E-state index < -0.39 is 0 Å². The normalized spacial score (nSPS) is 10.0. The average Bonchev–Trinajstić information content (AvgIpc) is 2.18. The SMILES string of the molecule is Nc1cccc(-c2ccccc2O)n1. The number of aromatic hydroxyl groups is 1. The number of phenolic OH excluding ortho intramolecular Hbond substituents is 1. The number of hydrogen-bond acceptors (Lipinski definition) is 3. The highest BCUT2D eigenvalue weighted by Crippen LogP contribution is 2.26. The molecule has 0 fully saturated rings. The molecule has 14 heavy (non-hydrogen) atoms. The van der Waals surface area contributed by atoms with E-state index in [1.807, 2.05) is 18.2 Å². The van der Waals surface area contributed by atoms with E-state index in [9.17, 15) is 5.11 Å². The number of aromatic nitrogens is 1. The average molecular weight is 186 g/mol. The van der Waals surface area contributed by atoms with Gasteiger partial charge in [0.1, 0.15) is 11.6 Å².